The third-order valence-electron chi connectivity index (χ3n) is 9.33. The fraction of sp³-hybridized carbons (Fsp3) is 0.387. The number of Topliss-reactive ketones (excluding diaryl/α,β-unsaturated/α-hetero) is 2. The van der Waals surface area contributed by atoms with Crippen molar-refractivity contribution in [1.82, 2.24) is 4.90 Å². The summed E-state index contributed by atoms with van der Waals surface area (Å²) >= 11 is 0. The number of ether oxygens (including phenoxy) is 1. The molecule has 11 nitrogen and oxygen atoms in total. The van der Waals surface area contributed by atoms with Gasteiger partial charge in [-0.3, -0.25) is 19.3 Å². The maximum Gasteiger partial charge on any atom is 0.255 e. The summed E-state index contributed by atoms with van der Waals surface area (Å²) in [5.74, 6) is -4.54. The summed E-state index contributed by atoms with van der Waals surface area (Å²) in [6.45, 7) is 3.45. The molecule has 5 rings (SSSR count). The lowest BCUT2D eigenvalue weighted by atomic mass is 9.46. The molecule has 0 radical (unpaired) electrons. The van der Waals surface area contributed by atoms with Crippen LogP contribution >= 0.6 is 0 Å². The van der Waals surface area contributed by atoms with Crippen LogP contribution in [0.15, 0.2) is 47.2 Å². The SMILES string of the molecule is COc1ccc(-c2ccc(O)c3c2C[C@@]2(C)C[C@@]4(C)[C@H](N(C)C)C(=O)C(C(N)=O)=C(O)[C@@]4(O)C(=O)C2=C3O)cc1CN. The number of likely N-dealkylation sites (N-methyl/N-ethyl adjacent to an activating group) is 1. The van der Waals surface area contributed by atoms with Gasteiger partial charge < -0.3 is 36.6 Å². The molecule has 0 bridgehead atoms. The minimum absolute atomic E-state index is 0.0142. The summed E-state index contributed by atoms with van der Waals surface area (Å²) in [7, 11) is 4.67. The highest BCUT2D eigenvalue weighted by Crippen LogP contribution is 2.63. The van der Waals surface area contributed by atoms with E-state index < -0.39 is 57.0 Å². The molecular formula is C31H35N3O8. The number of nitrogens with two attached hydrogens (primary N) is 2. The summed E-state index contributed by atoms with van der Waals surface area (Å²) in [4.78, 5) is 41.7. The van der Waals surface area contributed by atoms with E-state index in [1.807, 2.05) is 12.1 Å². The Balaban J connectivity index is 1.80. The van der Waals surface area contributed by atoms with E-state index in [-0.39, 0.29) is 36.3 Å². The Kier molecular flexibility index (Phi) is 6.57. The van der Waals surface area contributed by atoms with E-state index in [0.717, 1.165) is 11.1 Å². The van der Waals surface area contributed by atoms with Gasteiger partial charge in [-0.25, -0.2) is 0 Å². The fourth-order valence-corrected chi connectivity index (χ4v) is 7.70. The van der Waals surface area contributed by atoms with Crippen LogP contribution in [0, 0.1) is 10.8 Å². The minimum Gasteiger partial charge on any atom is -0.508 e. The van der Waals surface area contributed by atoms with Crippen LogP contribution in [0.2, 0.25) is 0 Å². The van der Waals surface area contributed by atoms with Crippen LogP contribution in [-0.4, -0.2) is 75.6 Å². The molecule has 222 valence electrons. The number of nitrogens with zero attached hydrogens (tertiary/aromatic N) is 1. The van der Waals surface area contributed by atoms with Crippen molar-refractivity contribution in [2.75, 3.05) is 21.2 Å². The number of hydrogen-bond donors (Lipinski definition) is 6. The highest BCUT2D eigenvalue weighted by atomic mass is 16.5. The van der Waals surface area contributed by atoms with E-state index >= 15 is 0 Å². The number of phenols is 1. The molecule has 0 unspecified atom stereocenters. The van der Waals surface area contributed by atoms with Crippen LogP contribution in [0.1, 0.15) is 37.0 Å². The van der Waals surface area contributed by atoms with Gasteiger partial charge in [0.25, 0.3) is 5.91 Å². The molecule has 0 heterocycles. The first-order valence-electron chi connectivity index (χ1n) is 13.5. The molecule has 3 aliphatic rings. The number of aromatic hydroxyl groups is 1. The van der Waals surface area contributed by atoms with Crippen LogP contribution in [0.25, 0.3) is 16.9 Å². The van der Waals surface area contributed by atoms with Gasteiger partial charge >= 0.3 is 0 Å². The lowest BCUT2D eigenvalue weighted by Gasteiger charge is -2.59. The average molecular weight is 578 g/mol. The zero-order valence-electron chi connectivity index (χ0n) is 24.1. The van der Waals surface area contributed by atoms with Gasteiger partial charge in [0.2, 0.25) is 5.78 Å². The van der Waals surface area contributed by atoms with Gasteiger partial charge in [0.05, 0.1) is 18.7 Å². The quantitative estimate of drug-likeness (QED) is 0.285. The molecule has 0 saturated heterocycles. The van der Waals surface area contributed by atoms with E-state index in [2.05, 4.69) is 0 Å². The van der Waals surface area contributed by atoms with Crippen LogP contribution in [0.5, 0.6) is 11.5 Å². The van der Waals surface area contributed by atoms with E-state index in [1.165, 1.54) is 17.9 Å². The molecule has 1 amide bonds. The van der Waals surface area contributed by atoms with Crippen molar-refractivity contribution in [3.8, 4) is 22.6 Å². The Morgan fingerprint density at radius 1 is 1.12 bits per heavy atom. The topological polar surface area (TPSA) is 197 Å². The van der Waals surface area contributed by atoms with Gasteiger partial charge in [0.15, 0.2) is 11.4 Å². The molecule has 1 saturated carbocycles. The van der Waals surface area contributed by atoms with Gasteiger partial charge in [0, 0.05) is 28.5 Å². The maximum absolute atomic E-state index is 14.4. The van der Waals surface area contributed by atoms with Crippen LogP contribution in [0.3, 0.4) is 0 Å². The number of ketones is 2. The first-order valence-corrected chi connectivity index (χ1v) is 13.5. The molecule has 42 heavy (non-hydrogen) atoms. The number of methoxy groups -OCH3 is 1. The van der Waals surface area contributed by atoms with Gasteiger partial charge in [-0.15, -0.1) is 0 Å². The highest BCUT2D eigenvalue weighted by Gasteiger charge is 2.72. The van der Waals surface area contributed by atoms with Crippen LogP contribution in [-0.2, 0) is 27.3 Å². The summed E-state index contributed by atoms with van der Waals surface area (Å²) in [5, 5.41) is 45.9. The molecule has 8 N–H and O–H groups in total. The maximum atomic E-state index is 14.4. The lowest BCUT2D eigenvalue weighted by Crippen LogP contribution is -2.72. The average Bonchev–Trinajstić information content (AvgIpc) is 2.90. The number of amides is 1. The Bertz CT molecular complexity index is 1640. The summed E-state index contributed by atoms with van der Waals surface area (Å²) in [5.41, 5.74) is 7.44. The minimum atomic E-state index is -2.76. The third kappa shape index (κ3) is 3.60. The van der Waals surface area contributed by atoms with E-state index in [1.54, 1.807) is 40.3 Å². The van der Waals surface area contributed by atoms with Crippen molar-refractivity contribution in [1.29, 1.82) is 0 Å². The number of primary amides is 1. The molecule has 2 aromatic carbocycles. The number of hydrogen-bond acceptors (Lipinski definition) is 10. The fourth-order valence-electron chi connectivity index (χ4n) is 7.70. The normalized spacial score (nSPS) is 28.9. The number of carbonyl (C=O) groups excluding carboxylic acids is 3. The van der Waals surface area contributed by atoms with Crippen molar-refractivity contribution in [2.24, 2.45) is 22.3 Å². The van der Waals surface area contributed by atoms with Gasteiger partial charge in [0.1, 0.15) is 28.6 Å². The Hall–Kier alpha value is -4.19. The molecular weight excluding hydrogens is 542 g/mol. The van der Waals surface area contributed by atoms with Crippen LogP contribution < -0.4 is 16.2 Å². The van der Waals surface area contributed by atoms with Crippen molar-refractivity contribution in [3.63, 3.8) is 0 Å². The van der Waals surface area contributed by atoms with Crippen molar-refractivity contribution >= 4 is 23.2 Å². The number of carbonyl (C=O) groups is 3. The molecule has 0 aliphatic heterocycles. The first kappa shape index (κ1) is 29.3. The molecule has 3 aliphatic carbocycles. The van der Waals surface area contributed by atoms with Crippen molar-refractivity contribution < 1.29 is 39.5 Å². The molecule has 4 atom stereocenters. The molecule has 2 aromatic rings. The second-order valence-electron chi connectivity index (χ2n) is 12.1. The second-order valence-corrected chi connectivity index (χ2v) is 12.1. The van der Waals surface area contributed by atoms with Crippen molar-refractivity contribution in [2.45, 2.75) is 44.9 Å². The third-order valence-corrected chi connectivity index (χ3v) is 9.33. The molecule has 0 aromatic heterocycles. The van der Waals surface area contributed by atoms with Gasteiger partial charge in [-0.2, -0.15) is 0 Å². The highest BCUT2D eigenvalue weighted by molar-refractivity contribution is 6.25. The predicted molar refractivity (Wildman–Crippen MR) is 153 cm³/mol. The van der Waals surface area contributed by atoms with Gasteiger partial charge in [-0.1, -0.05) is 26.0 Å². The number of phenolic OH excluding ortho intramolecular Hbond substituents is 1. The zero-order valence-corrected chi connectivity index (χ0v) is 24.1. The van der Waals surface area contributed by atoms with E-state index in [4.69, 9.17) is 16.2 Å². The Morgan fingerprint density at radius 3 is 2.36 bits per heavy atom. The lowest BCUT2D eigenvalue weighted by molar-refractivity contribution is -0.175. The summed E-state index contributed by atoms with van der Waals surface area (Å²) < 4.78 is 5.40. The standard InChI is InChI=1S/C31H35N3O8/c1-29-11-17-16(14-6-9-19(42-5)15(10-14)12-32)7-8-18(35)20(17)23(36)22(29)27(39)31(41)26(38)21(28(33)40)24(37)25(34(3)4)30(31,2)13-29/h6-10,25,35-36,38,41H,11-13,32H2,1-5H3,(H2,33,40)/t25-,29+,30+,31-/m1/s1. The summed E-state index contributed by atoms with van der Waals surface area (Å²) in [6.07, 6.45) is 0.0753. The monoisotopic (exact) mass is 577 g/mol. The van der Waals surface area contributed by atoms with Crippen molar-refractivity contribution in [3.05, 3.63) is 63.9 Å². The Morgan fingerprint density at radius 2 is 1.79 bits per heavy atom. The largest absolute Gasteiger partial charge is 0.508 e. The molecule has 11 heteroatoms. The van der Waals surface area contributed by atoms with Crippen LogP contribution in [0.4, 0.5) is 0 Å². The number of fused-ring (bicyclic) bond motifs is 3. The number of aliphatic hydroxyl groups is 3. The zero-order chi connectivity index (χ0) is 31.1. The summed E-state index contributed by atoms with van der Waals surface area (Å²) in [6, 6.07) is 7.34. The molecule has 0 spiro atoms. The second kappa shape index (κ2) is 9.41. The number of benzene rings is 2. The predicted octanol–water partition coefficient (Wildman–Crippen LogP) is 1.88. The van der Waals surface area contributed by atoms with E-state index in [0.29, 0.717) is 16.9 Å². The molecule has 1 fully saturated rings. The smallest absolute Gasteiger partial charge is 0.255 e. The number of aliphatic hydroxyl groups excluding tert-OH is 2. The van der Waals surface area contributed by atoms with E-state index in [9.17, 15) is 34.8 Å². The van der Waals surface area contributed by atoms with Gasteiger partial charge in [-0.05, 0) is 61.8 Å². The number of rotatable bonds is 5. The Labute approximate surface area is 242 Å². The first-order chi connectivity index (χ1) is 19.6.